The lowest BCUT2D eigenvalue weighted by molar-refractivity contribution is -0.777. The number of rotatable bonds is 15. The van der Waals surface area contributed by atoms with Gasteiger partial charge in [0.05, 0.1) is 18.6 Å². The summed E-state index contributed by atoms with van der Waals surface area (Å²) in [5.74, 6) is -7.91. The number of benzene rings is 1. The smallest absolute Gasteiger partial charge is 0.205 e. The predicted octanol–water partition coefficient (Wildman–Crippen LogP) is 5.77. The average Bonchev–Trinajstić information content (AvgIpc) is 2.67. The third-order valence-electron chi connectivity index (χ3n) is 4.07. The molecule has 0 aliphatic carbocycles. The van der Waals surface area contributed by atoms with E-state index in [1.165, 1.54) is 32.1 Å². The van der Waals surface area contributed by atoms with Gasteiger partial charge in [-0.3, -0.25) is 5.04 Å². The summed E-state index contributed by atoms with van der Waals surface area (Å²) in [6.07, 6.45) is 10.7. The molecular weight excluding hydrogens is 388 g/mol. The lowest BCUT2D eigenvalue weighted by Gasteiger charge is -2.12. The third kappa shape index (κ3) is 8.25. The van der Waals surface area contributed by atoms with Gasteiger partial charge in [0.25, 0.3) is 0 Å². The van der Waals surface area contributed by atoms with Crippen LogP contribution in [0.3, 0.4) is 0 Å². The Labute approximate surface area is 161 Å². The summed E-state index contributed by atoms with van der Waals surface area (Å²) in [6.45, 7) is 2.12. The highest BCUT2D eigenvalue weighted by Gasteiger charge is 2.27. The maximum atomic E-state index is 13.8. The maximum Gasteiger partial charge on any atom is 0.205 e. The van der Waals surface area contributed by atoms with Gasteiger partial charge in [0.1, 0.15) is 4.90 Å². The van der Waals surface area contributed by atoms with Gasteiger partial charge in [-0.25, -0.2) is 8.78 Å². The molecule has 1 aromatic rings. The Morgan fingerprint density at radius 1 is 0.741 bits per heavy atom. The van der Waals surface area contributed by atoms with E-state index in [0.717, 1.165) is 25.7 Å². The monoisotopic (exact) mass is 413 g/mol. The topological polar surface area (TPSA) is 50.8 Å². The van der Waals surface area contributed by atoms with Crippen molar-refractivity contribution in [2.24, 2.45) is 0 Å². The Kier molecular flexibility index (Phi) is 12.5. The van der Waals surface area contributed by atoms with Crippen molar-refractivity contribution in [1.82, 2.24) is 0 Å². The molecule has 9 heteroatoms. The maximum absolute atomic E-state index is 13.8. The fourth-order valence-electron chi connectivity index (χ4n) is 2.60. The van der Waals surface area contributed by atoms with Crippen LogP contribution in [0.1, 0.15) is 71.1 Å². The molecule has 0 aliphatic heterocycles. The molecule has 0 heterocycles. The van der Waals surface area contributed by atoms with E-state index in [1.807, 2.05) is 0 Å². The van der Waals surface area contributed by atoms with E-state index in [0.29, 0.717) is 6.42 Å². The fourth-order valence-corrected chi connectivity index (χ4v) is 3.02. The lowest BCUT2D eigenvalue weighted by Crippen LogP contribution is -2.08. The molecular formula is C18H25F4O4S-. The van der Waals surface area contributed by atoms with Crippen LogP contribution in [0, 0.1) is 23.3 Å². The third-order valence-corrected chi connectivity index (χ3v) is 4.72. The van der Waals surface area contributed by atoms with E-state index >= 15 is 0 Å². The molecule has 0 amide bonds. The largest absolute Gasteiger partial charge is 0.691 e. The first-order valence-electron chi connectivity index (χ1n) is 9.16. The first-order chi connectivity index (χ1) is 13.0. The van der Waals surface area contributed by atoms with Crippen LogP contribution in [0.5, 0.6) is 5.75 Å². The molecule has 156 valence electrons. The first-order valence-corrected chi connectivity index (χ1v) is 9.90. The van der Waals surface area contributed by atoms with Gasteiger partial charge in [-0.15, -0.1) is 0 Å². The van der Waals surface area contributed by atoms with Gasteiger partial charge in [0.2, 0.25) is 11.6 Å². The molecule has 0 spiro atoms. The zero-order valence-corrected chi connectivity index (χ0v) is 16.1. The summed E-state index contributed by atoms with van der Waals surface area (Å²) in [6, 6.07) is 0. The first kappa shape index (κ1) is 24.0. The van der Waals surface area contributed by atoms with Crippen LogP contribution in [-0.4, -0.2) is 6.61 Å². The molecule has 1 aromatic carbocycles. The molecule has 27 heavy (non-hydrogen) atoms. The van der Waals surface area contributed by atoms with Crippen LogP contribution < -0.4 is 9.99 Å². The number of unbranched alkanes of at least 4 members (excludes halogenated alkanes) is 9. The van der Waals surface area contributed by atoms with Crippen LogP contribution in [0.25, 0.3) is 0 Å². The Bertz CT molecular complexity index is 532. The van der Waals surface area contributed by atoms with E-state index in [2.05, 4.69) is 16.3 Å². The van der Waals surface area contributed by atoms with Crippen LogP contribution in [0.15, 0.2) is 4.90 Å². The highest BCUT2D eigenvalue weighted by molar-refractivity contribution is 7.94. The number of ether oxygens (including phenoxy) is 1. The summed E-state index contributed by atoms with van der Waals surface area (Å²) >= 11 is -0.264. The van der Waals surface area contributed by atoms with E-state index in [-0.39, 0.29) is 18.6 Å². The van der Waals surface area contributed by atoms with Crippen molar-refractivity contribution in [2.45, 2.75) is 76.0 Å². The van der Waals surface area contributed by atoms with Crippen molar-refractivity contribution in [2.75, 3.05) is 6.61 Å². The average molecular weight is 413 g/mol. The molecule has 0 saturated carbocycles. The summed E-state index contributed by atoms with van der Waals surface area (Å²) in [7, 11) is 0. The van der Waals surface area contributed by atoms with Crippen molar-refractivity contribution in [1.29, 1.82) is 0 Å². The van der Waals surface area contributed by atoms with Gasteiger partial charge in [-0.05, 0) is 6.42 Å². The van der Waals surface area contributed by atoms with Crippen LogP contribution in [0.4, 0.5) is 17.6 Å². The molecule has 4 nitrogen and oxygen atoms in total. The minimum absolute atomic E-state index is 0.0596. The van der Waals surface area contributed by atoms with Gasteiger partial charge >= 0.3 is 0 Å². The summed E-state index contributed by atoms with van der Waals surface area (Å²) in [5.41, 5.74) is 0. The minimum Gasteiger partial charge on any atom is -0.691 e. The summed E-state index contributed by atoms with van der Waals surface area (Å²) < 4.78 is 63.7. The quantitative estimate of drug-likeness (QED) is 0.0912. The molecule has 0 bridgehead atoms. The standard InChI is InChI=1S/C18H26F4O4S/c1-2-3-4-5-6-7-8-9-10-11-12-24-17-13(19)15(21)18(27-26-25-23)16(22)14(17)20/h23H,2-12H2,1H3/p-1. The number of hydrogen-bond acceptors (Lipinski definition) is 5. The highest BCUT2D eigenvalue weighted by Crippen LogP contribution is 2.35. The minimum atomic E-state index is -1.71. The molecule has 0 radical (unpaired) electrons. The van der Waals surface area contributed by atoms with E-state index < -0.39 is 33.9 Å². The second kappa shape index (κ2) is 14.0. The van der Waals surface area contributed by atoms with E-state index in [9.17, 15) is 22.8 Å². The Balaban J connectivity index is 2.34. The Morgan fingerprint density at radius 2 is 1.22 bits per heavy atom. The van der Waals surface area contributed by atoms with Crippen LogP contribution >= 0.6 is 12.0 Å². The molecule has 1 rings (SSSR count). The van der Waals surface area contributed by atoms with Gasteiger partial charge in [-0.2, -0.15) is 13.1 Å². The van der Waals surface area contributed by atoms with Crippen molar-refractivity contribution in [3.63, 3.8) is 0 Å². The van der Waals surface area contributed by atoms with Crippen molar-refractivity contribution in [3.05, 3.63) is 23.3 Å². The summed E-state index contributed by atoms with van der Waals surface area (Å²) in [4.78, 5) is -1.16. The number of halogens is 4. The molecule has 0 fully saturated rings. The molecule has 0 saturated heterocycles. The van der Waals surface area contributed by atoms with Gasteiger partial charge in [0.15, 0.2) is 17.4 Å². The SMILES string of the molecule is CCCCCCCCCCCCOc1c(F)c(F)c(SOO[O-])c(F)c1F. The van der Waals surface area contributed by atoms with Crippen molar-refractivity contribution >= 4 is 12.0 Å². The molecule has 0 aliphatic rings. The van der Waals surface area contributed by atoms with E-state index in [1.54, 1.807) is 0 Å². The molecule has 0 aromatic heterocycles. The second-order valence-corrected chi connectivity index (χ2v) is 6.88. The van der Waals surface area contributed by atoms with Gasteiger partial charge in [-0.1, -0.05) is 64.7 Å². The Morgan fingerprint density at radius 3 is 1.70 bits per heavy atom. The van der Waals surface area contributed by atoms with Gasteiger partial charge in [0, 0.05) is 0 Å². The zero-order valence-electron chi connectivity index (χ0n) is 15.3. The Hall–Kier alpha value is -1.03. The van der Waals surface area contributed by atoms with Crippen molar-refractivity contribution in [3.8, 4) is 5.75 Å². The van der Waals surface area contributed by atoms with Crippen LogP contribution in [-0.2, 0) is 9.37 Å². The molecule has 0 N–H and O–H groups in total. The summed E-state index contributed by atoms with van der Waals surface area (Å²) in [5, 5.41) is 12.6. The number of hydrogen-bond donors (Lipinski definition) is 0. The highest BCUT2D eigenvalue weighted by atomic mass is 32.2. The lowest BCUT2D eigenvalue weighted by atomic mass is 10.1. The van der Waals surface area contributed by atoms with Gasteiger partial charge < -0.3 is 9.99 Å². The normalized spacial score (nSPS) is 11.2. The van der Waals surface area contributed by atoms with Crippen LogP contribution in [0.2, 0.25) is 0 Å². The zero-order chi connectivity index (χ0) is 20.1. The predicted molar refractivity (Wildman–Crippen MR) is 91.6 cm³/mol. The molecule has 0 atom stereocenters. The second-order valence-electron chi connectivity index (χ2n) is 6.16. The fraction of sp³-hybridized carbons (Fsp3) is 0.667. The van der Waals surface area contributed by atoms with Crippen molar-refractivity contribution < 1.29 is 36.9 Å². The van der Waals surface area contributed by atoms with E-state index in [4.69, 9.17) is 4.74 Å². The molecule has 0 unspecified atom stereocenters.